The van der Waals surface area contributed by atoms with Gasteiger partial charge in [0.25, 0.3) is 0 Å². The predicted molar refractivity (Wildman–Crippen MR) is 107 cm³/mol. The molecule has 0 radical (unpaired) electrons. The molecule has 3 nitrogen and oxygen atoms in total. The molecule has 2 aromatic carbocycles. The van der Waals surface area contributed by atoms with Crippen molar-refractivity contribution in [3.63, 3.8) is 0 Å². The summed E-state index contributed by atoms with van der Waals surface area (Å²) in [5.41, 5.74) is 6.41. The van der Waals surface area contributed by atoms with Crippen molar-refractivity contribution in [1.82, 2.24) is 4.98 Å². The maximum Gasteiger partial charge on any atom is 0.156 e. The van der Waals surface area contributed by atoms with E-state index < -0.39 is 0 Å². The van der Waals surface area contributed by atoms with Crippen molar-refractivity contribution < 1.29 is 5.11 Å². The van der Waals surface area contributed by atoms with Gasteiger partial charge in [0.05, 0.1) is 16.7 Å². The van der Waals surface area contributed by atoms with E-state index in [2.05, 4.69) is 75.1 Å². The maximum atomic E-state index is 10.2. The van der Waals surface area contributed by atoms with Crippen molar-refractivity contribution in [2.24, 2.45) is 0 Å². The standard InChI is InChI=1S/C19H18Br2N2O/c1-10-6-14(7-11(2)12(10)3)22-9-13-4-5-15-16(20)8-17(21)19(24)18(15)23-13/h4-8,22,24H,9H2,1-3H3. The molecule has 24 heavy (non-hydrogen) atoms. The van der Waals surface area contributed by atoms with E-state index in [1.165, 1.54) is 16.7 Å². The van der Waals surface area contributed by atoms with Gasteiger partial charge in [-0.2, -0.15) is 0 Å². The molecular formula is C19H18Br2N2O. The number of halogens is 2. The number of hydrogen-bond acceptors (Lipinski definition) is 3. The van der Waals surface area contributed by atoms with Gasteiger partial charge in [0.1, 0.15) is 5.52 Å². The summed E-state index contributed by atoms with van der Waals surface area (Å²) in [5, 5.41) is 14.6. The van der Waals surface area contributed by atoms with Crippen LogP contribution < -0.4 is 5.32 Å². The van der Waals surface area contributed by atoms with Crippen LogP contribution in [0.3, 0.4) is 0 Å². The summed E-state index contributed by atoms with van der Waals surface area (Å²) in [4.78, 5) is 4.60. The highest BCUT2D eigenvalue weighted by Crippen LogP contribution is 2.36. The van der Waals surface area contributed by atoms with Crippen LogP contribution in [0.2, 0.25) is 0 Å². The Morgan fingerprint density at radius 3 is 2.33 bits per heavy atom. The first-order valence-electron chi connectivity index (χ1n) is 7.65. The highest BCUT2D eigenvalue weighted by atomic mass is 79.9. The van der Waals surface area contributed by atoms with Gasteiger partial charge in [0, 0.05) is 15.5 Å². The van der Waals surface area contributed by atoms with Gasteiger partial charge in [0.2, 0.25) is 0 Å². The molecule has 0 amide bonds. The molecule has 5 heteroatoms. The Labute approximate surface area is 158 Å². The third kappa shape index (κ3) is 3.28. The fourth-order valence-electron chi connectivity index (χ4n) is 2.67. The van der Waals surface area contributed by atoms with Crippen molar-refractivity contribution in [1.29, 1.82) is 0 Å². The Kier molecular flexibility index (Phi) is 4.83. The minimum Gasteiger partial charge on any atom is -0.505 e. The van der Waals surface area contributed by atoms with Crippen LogP contribution in [0.15, 0.2) is 39.3 Å². The first-order valence-corrected chi connectivity index (χ1v) is 9.23. The van der Waals surface area contributed by atoms with Crippen LogP contribution in [0.1, 0.15) is 22.4 Å². The van der Waals surface area contributed by atoms with Crippen LogP contribution in [-0.4, -0.2) is 10.1 Å². The monoisotopic (exact) mass is 448 g/mol. The Morgan fingerprint density at radius 1 is 1.00 bits per heavy atom. The van der Waals surface area contributed by atoms with Crippen LogP contribution in [0, 0.1) is 20.8 Å². The third-order valence-electron chi connectivity index (χ3n) is 4.31. The van der Waals surface area contributed by atoms with Gasteiger partial charge in [0.15, 0.2) is 5.75 Å². The number of phenols is 1. The highest BCUT2D eigenvalue weighted by molar-refractivity contribution is 9.11. The SMILES string of the molecule is Cc1cc(NCc2ccc3c(Br)cc(Br)c(O)c3n2)cc(C)c1C. The molecule has 0 atom stereocenters. The van der Waals surface area contributed by atoms with Gasteiger partial charge in [-0.25, -0.2) is 4.98 Å². The predicted octanol–water partition coefficient (Wildman–Crippen LogP) is 6.00. The summed E-state index contributed by atoms with van der Waals surface area (Å²) >= 11 is 6.86. The number of hydrogen-bond donors (Lipinski definition) is 2. The van der Waals surface area contributed by atoms with E-state index in [0.29, 0.717) is 16.5 Å². The molecule has 0 spiro atoms. The van der Waals surface area contributed by atoms with Gasteiger partial charge >= 0.3 is 0 Å². The fraction of sp³-hybridized carbons (Fsp3) is 0.211. The molecule has 0 saturated heterocycles. The molecule has 124 valence electrons. The molecule has 0 bridgehead atoms. The number of nitrogens with one attached hydrogen (secondary N) is 1. The van der Waals surface area contributed by atoms with Crippen LogP contribution >= 0.6 is 31.9 Å². The van der Waals surface area contributed by atoms with Crippen LogP contribution in [0.4, 0.5) is 5.69 Å². The summed E-state index contributed by atoms with van der Waals surface area (Å²) in [5.74, 6) is 0.164. The number of aryl methyl sites for hydroxylation is 2. The summed E-state index contributed by atoms with van der Waals surface area (Å²) in [6, 6.07) is 10.1. The Balaban J connectivity index is 1.90. The summed E-state index contributed by atoms with van der Waals surface area (Å²) in [6.45, 7) is 6.98. The Morgan fingerprint density at radius 2 is 1.67 bits per heavy atom. The van der Waals surface area contributed by atoms with Gasteiger partial charge in [-0.15, -0.1) is 0 Å². The number of nitrogens with zero attached hydrogens (tertiary/aromatic N) is 1. The molecule has 0 aliphatic rings. The van der Waals surface area contributed by atoms with Gasteiger partial charge < -0.3 is 10.4 Å². The number of pyridine rings is 1. The first kappa shape index (κ1) is 17.2. The highest BCUT2D eigenvalue weighted by Gasteiger charge is 2.11. The number of aromatic hydroxyl groups is 1. The lowest BCUT2D eigenvalue weighted by Gasteiger charge is -2.12. The van der Waals surface area contributed by atoms with Crippen LogP contribution in [-0.2, 0) is 6.54 Å². The molecular weight excluding hydrogens is 432 g/mol. The molecule has 3 aromatic rings. The zero-order chi connectivity index (χ0) is 17.4. The second-order valence-electron chi connectivity index (χ2n) is 5.98. The smallest absolute Gasteiger partial charge is 0.156 e. The van der Waals surface area contributed by atoms with Crippen LogP contribution in [0.25, 0.3) is 10.9 Å². The minimum atomic E-state index is 0.164. The average molecular weight is 450 g/mol. The number of phenolic OH excluding ortho intramolecular Hbond substituents is 1. The van der Waals surface area contributed by atoms with Crippen molar-refractivity contribution in [2.45, 2.75) is 27.3 Å². The Bertz CT molecular complexity index is 915. The third-order valence-corrected chi connectivity index (χ3v) is 5.58. The largest absolute Gasteiger partial charge is 0.505 e. The lowest BCUT2D eigenvalue weighted by molar-refractivity contribution is 0.477. The quantitative estimate of drug-likeness (QED) is 0.515. The lowest BCUT2D eigenvalue weighted by atomic mass is 10.0. The first-order chi connectivity index (χ1) is 11.4. The normalized spacial score (nSPS) is 11.0. The zero-order valence-electron chi connectivity index (χ0n) is 13.7. The number of fused-ring (bicyclic) bond motifs is 1. The van der Waals surface area contributed by atoms with E-state index in [1.807, 2.05) is 18.2 Å². The number of benzene rings is 2. The molecule has 2 N–H and O–H groups in total. The lowest BCUT2D eigenvalue weighted by Crippen LogP contribution is -2.03. The van der Waals surface area contributed by atoms with Gasteiger partial charge in [-0.3, -0.25) is 0 Å². The van der Waals surface area contributed by atoms with Crippen molar-refractivity contribution in [3.8, 4) is 5.75 Å². The van der Waals surface area contributed by atoms with Crippen molar-refractivity contribution >= 4 is 48.5 Å². The summed E-state index contributed by atoms with van der Waals surface area (Å²) in [6.07, 6.45) is 0. The van der Waals surface area contributed by atoms with Crippen molar-refractivity contribution in [2.75, 3.05) is 5.32 Å². The van der Waals surface area contributed by atoms with Gasteiger partial charge in [-0.05, 0) is 83.7 Å². The van der Waals surface area contributed by atoms with E-state index in [4.69, 9.17) is 0 Å². The van der Waals surface area contributed by atoms with E-state index in [1.54, 1.807) is 0 Å². The minimum absolute atomic E-state index is 0.164. The Hall–Kier alpha value is -1.59. The number of rotatable bonds is 3. The second-order valence-corrected chi connectivity index (χ2v) is 7.68. The van der Waals surface area contributed by atoms with Crippen LogP contribution in [0.5, 0.6) is 5.75 Å². The maximum absolute atomic E-state index is 10.2. The molecule has 0 saturated carbocycles. The molecule has 0 fully saturated rings. The summed E-state index contributed by atoms with van der Waals surface area (Å²) < 4.78 is 1.53. The van der Waals surface area contributed by atoms with E-state index in [0.717, 1.165) is 21.2 Å². The van der Waals surface area contributed by atoms with E-state index in [-0.39, 0.29) is 5.75 Å². The molecule has 0 aliphatic carbocycles. The van der Waals surface area contributed by atoms with Gasteiger partial charge in [-0.1, -0.05) is 15.9 Å². The molecule has 1 aromatic heterocycles. The second kappa shape index (κ2) is 6.73. The zero-order valence-corrected chi connectivity index (χ0v) is 16.9. The topological polar surface area (TPSA) is 45.1 Å². The molecule has 3 rings (SSSR count). The number of aromatic nitrogens is 1. The van der Waals surface area contributed by atoms with Crippen molar-refractivity contribution in [3.05, 3.63) is 61.7 Å². The van der Waals surface area contributed by atoms with E-state index >= 15 is 0 Å². The molecule has 1 heterocycles. The number of anilines is 1. The summed E-state index contributed by atoms with van der Waals surface area (Å²) in [7, 11) is 0. The fourth-order valence-corrected chi connectivity index (χ4v) is 3.94. The average Bonchev–Trinajstić information content (AvgIpc) is 2.55. The molecule has 0 aliphatic heterocycles. The molecule has 0 unspecified atom stereocenters. The van der Waals surface area contributed by atoms with E-state index in [9.17, 15) is 5.11 Å².